The molecular weight excluding hydrogens is 392 g/mol. The Morgan fingerprint density at radius 2 is 1.77 bits per heavy atom. The number of hydrogen-bond donors (Lipinski definition) is 3. The number of aromatic nitrogens is 2. The van der Waals surface area contributed by atoms with Crippen molar-refractivity contribution in [3.05, 3.63) is 47.2 Å². The highest BCUT2D eigenvalue weighted by atomic mass is 16.5. The van der Waals surface area contributed by atoms with E-state index in [1.54, 1.807) is 6.07 Å². The summed E-state index contributed by atoms with van der Waals surface area (Å²) in [5.41, 5.74) is 2.99. The average Bonchev–Trinajstić information content (AvgIpc) is 3.22. The van der Waals surface area contributed by atoms with E-state index in [0.717, 1.165) is 43.2 Å². The Kier molecular flexibility index (Phi) is 7.71. The Hall–Kier alpha value is -2.83. The minimum Gasteiger partial charge on any atom is -0.477 e. The Balaban J connectivity index is 1.37. The molecule has 0 aliphatic heterocycles. The van der Waals surface area contributed by atoms with Crippen LogP contribution in [0.25, 0.3) is 0 Å². The summed E-state index contributed by atoms with van der Waals surface area (Å²) in [4.78, 5) is 24.5. The molecule has 1 heterocycles. The minimum absolute atomic E-state index is 0.169. The van der Waals surface area contributed by atoms with Crippen LogP contribution in [0, 0.1) is 11.3 Å². The molecule has 7 heteroatoms. The summed E-state index contributed by atoms with van der Waals surface area (Å²) >= 11 is 0. The molecule has 0 atom stereocenters. The second-order valence-electron chi connectivity index (χ2n) is 8.41. The molecule has 0 spiro atoms. The summed E-state index contributed by atoms with van der Waals surface area (Å²) in [5.74, 6) is 0.560. The minimum atomic E-state index is -0.205. The summed E-state index contributed by atoms with van der Waals surface area (Å²) in [6, 6.07) is 9.74. The highest BCUT2D eigenvalue weighted by Crippen LogP contribution is 2.50. The highest BCUT2D eigenvalue weighted by molar-refractivity contribution is 5.92. The van der Waals surface area contributed by atoms with Crippen molar-refractivity contribution in [1.82, 2.24) is 20.8 Å². The maximum atomic E-state index is 12.4. The van der Waals surface area contributed by atoms with Crippen LogP contribution in [-0.2, 0) is 17.8 Å². The zero-order valence-electron chi connectivity index (χ0n) is 18.8. The van der Waals surface area contributed by atoms with Crippen molar-refractivity contribution < 1.29 is 14.3 Å². The van der Waals surface area contributed by atoms with Crippen LogP contribution >= 0.6 is 0 Å². The van der Waals surface area contributed by atoms with Gasteiger partial charge in [-0.05, 0) is 42.7 Å². The predicted molar refractivity (Wildman–Crippen MR) is 120 cm³/mol. The largest absolute Gasteiger partial charge is 0.477 e. The van der Waals surface area contributed by atoms with Gasteiger partial charge in [0.25, 0.3) is 5.91 Å². The number of nitrogens with zero attached hydrogens (tertiary/aromatic N) is 1. The molecule has 2 amide bonds. The molecule has 1 saturated carbocycles. The number of hydrogen-bond acceptors (Lipinski definition) is 4. The van der Waals surface area contributed by atoms with Gasteiger partial charge in [-0.15, -0.1) is 5.10 Å². The summed E-state index contributed by atoms with van der Waals surface area (Å²) < 4.78 is 5.25. The average molecular weight is 427 g/mol. The van der Waals surface area contributed by atoms with Crippen LogP contribution in [0.15, 0.2) is 30.3 Å². The van der Waals surface area contributed by atoms with Gasteiger partial charge in [0.1, 0.15) is 5.69 Å². The number of nitrogens with one attached hydrogen (secondary N) is 3. The molecule has 0 radical (unpaired) electrons. The van der Waals surface area contributed by atoms with E-state index in [1.807, 2.05) is 31.2 Å². The topological polar surface area (TPSA) is 96.1 Å². The molecule has 1 aromatic heterocycles. The van der Waals surface area contributed by atoms with Crippen molar-refractivity contribution in [3.63, 3.8) is 0 Å². The van der Waals surface area contributed by atoms with Gasteiger partial charge < -0.3 is 15.4 Å². The number of H-pyrrole nitrogens is 1. The lowest BCUT2D eigenvalue weighted by Gasteiger charge is -2.46. The zero-order valence-corrected chi connectivity index (χ0v) is 18.8. The van der Waals surface area contributed by atoms with Gasteiger partial charge in [0, 0.05) is 25.1 Å². The van der Waals surface area contributed by atoms with E-state index in [-0.39, 0.29) is 17.7 Å². The number of ether oxygens (including phenoxy) is 1. The molecule has 3 N–H and O–H groups in total. The lowest BCUT2D eigenvalue weighted by atomic mass is 9.59. The third-order valence-electron chi connectivity index (χ3n) is 6.51. The fourth-order valence-corrected chi connectivity index (χ4v) is 4.21. The smallest absolute Gasteiger partial charge is 0.269 e. The lowest BCUT2D eigenvalue weighted by Crippen LogP contribution is -2.44. The molecule has 0 unspecified atom stereocenters. The fourth-order valence-electron chi connectivity index (χ4n) is 4.21. The van der Waals surface area contributed by atoms with Gasteiger partial charge in [0.15, 0.2) is 0 Å². The summed E-state index contributed by atoms with van der Waals surface area (Å²) in [6.07, 6.45) is 5.07. The first-order chi connectivity index (χ1) is 15.0. The Labute approximate surface area is 184 Å². The van der Waals surface area contributed by atoms with Gasteiger partial charge in [-0.2, -0.15) is 0 Å². The van der Waals surface area contributed by atoms with Crippen LogP contribution in [0.5, 0.6) is 5.88 Å². The first-order valence-electron chi connectivity index (χ1n) is 11.3. The maximum Gasteiger partial charge on any atom is 0.269 e. The van der Waals surface area contributed by atoms with Crippen molar-refractivity contribution in [3.8, 4) is 5.88 Å². The SMILES string of the molecule is CCOc1cc(C(=O)NCCc2ccc(CNC(=O)C3CC(CC)(CC)C3)cc2)[nH]n1. The third-order valence-corrected chi connectivity index (χ3v) is 6.51. The molecule has 1 aromatic carbocycles. The van der Waals surface area contributed by atoms with E-state index in [9.17, 15) is 9.59 Å². The Bertz CT molecular complexity index is 863. The van der Waals surface area contributed by atoms with E-state index < -0.39 is 0 Å². The molecule has 31 heavy (non-hydrogen) atoms. The number of amides is 2. The molecular formula is C24H34N4O3. The first kappa shape index (κ1) is 22.8. The molecule has 1 fully saturated rings. The Morgan fingerprint density at radius 3 is 2.42 bits per heavy atom. The van der Waals surface area contributed by atoms with Crippen molar-refractivity contribution in [2.24, 2.45) is 11.3 Å². The van der Waals surface area contributed by atoms with Gasteiger partial charge in [-0.25, -0.2) is 0 Å². The number of aromatic amines is 1. The molecule has 168 valence electrons. The maximum absolute atomic E-state index is 12.4. The van der Waals surface area contributed by atoms with Crippen LogP contribution in [0.1, 0.15) is 68.1 Å². The van der Waals surface area contributed by atoms with Crippen molar-refractivity contribution in [2.75, 3.05) is 13.2 Å². The zero-order chi connectivity index (χ0) is 22.3. The highest BCUT2D eigenvalue weighted by Gasteiger charge is 2.44. The van der Waals surface area contributed by atoms with E-state index in [0.29, 0.717) is 36.7 Å². The van der Waals surface area contributed by atoms with Gasteiger partial charge in [0.05, 0.1) is 6.61 Å². The van der Waals surface area contributed by atoms with Gasteiger partial charge >= 0.3 is 0 Å². The molecule has 0 saturated heterocycles. The van der Waals surface area contributed by atoms with Crippen molar-refractivity contribution >= 4 is 11.8 Å². The Morgan fingerprint density at radius 1 is 1.10 bits per heavy atom. The second-order valence-corrected chi connectivity index (χ2v) is 8.41. The fraction of sp³-hybridized carbons (Fsp3) is 0.542. The molecule has 1 aliphatic rings. The van der Waals surface area contributed by atoms with Crippen LogP contribution < -0.4 is 15.4 Å². The predicted octanol–water partition coefficient (Wildman–Crippen LogP) is 3.61. The van der Waals surface area contributed by atoms with E-state index in [1.165, 1.54) is 0 Å². The van der Waals surface area contributed by atoms with Gasteiger partial charge in [-0.3, -0.25) is 14.7 Å². The first-order valence-corrected chi connectivity index (χ1v) is 11.3. The standard InChI is InChI=1S/C24H34N4O3/c1-4-24(5-2)14-19(15-24)22(29)26-16-18-9-7-17(8-10-18)11-12-25-23(30)20-13-21(28-27-20)31-6-3/h7-10,13,19H,4-6,11-12,14-16H2,1-3H3,(H,25,30)(H,26,29)(H,27,28). The third kappa shape index (κ3) is 5.87. The molecule has 1 aliphatic carbocycles. The normalized spacial score (nSPS) is 15.2. The number of carbonyl (C=O) groups excluding carboxylic acids is 2. The van der Waals surface area contributed by atoms with Crippen LogP contribution in [0.4, 0.5) is 0 Å². The number of carbonyl (C=O) groups is 2. The molecule has 3 rings (SSSR count). The molecule has 0 bridgehead atoms. The van der Waals surface area contributed by atoms with Crippen molar-refractivity contribution in [1.29, 1.82) is 0 Å². The van der Waals surface area contributed by atoms with Crippen molar-refractivity contribution in [2.45, 2.75) is 59.4 Å². The molecule has 2 aromatic rings. The van der Waals surface area contributed by atoms with Crippen LogP contribution in [0.2, 0.25) is 0 Å². The number of benzene rings is 1. The second kappa shape index (κ2) is 10.5. The van der Waals surface area contributed by atoms with E-state index in [2.05, 4.69) is 34.7 Å². The van der Waals surface area contributed by atoms with E-state index in [4.69, 9.17) is 4.74 Å². The lowest BCUT2D eigenvalue weighted by molar-refractivity contribution is -0.133. The number of rotatable bonds is 11. The molecule has 7 nitrogen and oxygen atoms in total. The summed E-state index contributed by atoms with van der Waals surface area (Å²) in [6.45, 7) is 7.89. The van der Waals surface area contributed by atoms with Gasteiger partial charge in [0.2, 0.25) is 11.8 Å². The summed E-state index contributed by atoms with van der Waals surface area (Å²) in [7, 11) is 0. The monoisotopic (exact) mass is 426 g/mol. The van der Waals surface area contributed by atoms with Gasteiger partial charge in [-0.1, -0.05) is 51.0 Å². The summed E-state index contributed by atoms with van der Waals surface area (Å²) in [5, 5.41) is 12.6. The van der Waals surface area contributed by atoms with Crippen LogP contribution in [0.3, 0.4) is 0 Å². The quantitative estimate of drug-likeness (QED) is 0.511. The van der Waals surface area contributed by atoms with E-state index >= 15 is 0 Å². The van der Waals surface area contributed by atoms with Crippen LogP contribution in [-0.4, -0.2) is 35.2 Å².